The van der Waals surface area contributed by atoms with E-state index in [2.05, 4.69) is 85.7 Å². The van der Waals surface area contributed by atoms with Crippen molar-refractivity contribution in [2.45, 2.75) is 24.8 Å². The van der Waals surface area contributed by atoms with Crippen LogP contribution in [0.3, 0.4) is 0 Å². The first-order valence-electron chi connectivity index (χ1n) is 8.48. The minimum Gasteiger partial charge on any atom is -0.302 e. The Morgan fingerprint density at radius 3 is 2.22 bits per heavy atom. The molecule has 2 atom stereocenters. The first kappa shape index (κ1) is 14.5. The fourth-order valence-electron chi connectivity index (χ4n) is 4.07. The SMILES string of the molecule is CN(C)[C@@H]1CC[C@H](c2ccc3ccccc3c2)c2ccccc21. The van der Waals surface area contributed by atoms with Gasteiger partial charge in [0.15, 0.2) is 0 Å². The average Bonchev–Trinajstić information content (AvgIpc) is 2.60. The highest BCUT2D eigenvalue weighted by atomic mass is 15.1. The molecule has 3 aromatic rings. The monoisotopic (exact) mass is 301 g/mol. The van der Waals surface area contributed by atoms with Gasteiger partial charge in [-0.05, 0) is 54.4 Å². The second-order valence-corrected chi connectivity index (χ2v) is 6.84. The van der Waals surface area contributed by atoms with Gasteiger partial charge in [-0.2, -0.15) is 0 Å². The number of hydrogen-bond acceptors (Lipinski definition) is 1. The Hall–Kier alpha value is -2.12. The molecular formula is C22H23N. The molecule has 0 fully saturated rings. The van der Waals surface area contributed by atoms with Gasteiger partial charge >= 0.3 is 0 Å². The summed E-state index contributed by atoms with van der Waals surface area (Å²) in [6.07, 6.45) is 2.44. The zero-order chi connectivity index (χ0) is 15.8. The second kappa shape index (κ2) is 5.82. The van der Waals surface area contributed by atoms with E-state index in [-0.39, 0.29) is 0 Å². The molecule has 0 saturated carbocycles. The quantitative estimate of drug-likeness (QED) is 0.615. The average molecular weight is 301 g/mol. The summed E-state index contributed by atoms with van der Waals surface area (Å²) in [6.45, 7) is 0. The van der Waals surface area contributed by atoms with Crippen LogP contribution in [-0.2, 0) is 0 Å². The third-order valence-corrected chi connectivity index (χ3v) is 5.26. The standard InChI is InChI=1S/C22H23N/c1-23(2)22-14-13-19(20-9-5-6-10-21(20)22)18-12-11-16-7-3-4-8-17(16)15-18/h3-12,15,19,22H,13-14H2,1-2H3/t19-,22-/m1/s1. The van der Waals surface area contributed by atoms with Gasteiger partial charge in [0.05, 0.1) is 0 Å². The Morgan fingerprint density at radius 1 is 0.739 bits per heavy atom. The predicted molar refractivity (Wildman–Crippen MR) is 97.9 cm³/mol. The summed E-state index contributed by atoms with van der Waals surface area (Å²) in [4.78, 5) is 2.36. The number of nitrogens with zero attached hydrogens (tertiary/aromatic N) is 1. The van der Waals surface area contributed by atoms with Gasteiger partial charge in [-0.1, -0.05) is 66.7 Å². The summed E-state index contributed by atoms with van der Waals surface area (Å²) in [6, 6.07) is 25.2. The Kier molecular flexibility index (Phi) is 3.66. The van der Waals surface area contributed by atoms with E-state index in [0.717, 1.165) is 0 Å². The zero-order valence-electron chi connectivity index (χ0n) is 13.9. The zero-order valence-corrected chi connectivity index (χ0v) is 13.9. The van der Waals surface area contributed by atoms with Crippen LogP contribution in [0.5, 0.6) is 0 Å². The van der Waals surface area contributed by atoms with Crippen LogP contribution in [0.1, 0.15) is 41.5 Å². The van der Waals surface area contributed by atoms with Gasteiger partial charge in [-0.25, -0.2) is 0 Å². The Labute approximate surface area is 138 Å². The van der Waals surface area contributed by atoms with Gasteiger partial charge in [-0.3, -0.25) is 0 Å². The molecule has 0 aromatic heterocycles. The largest absolute Gasteiger partial charge is 0.302 e. The van der Waals surface area contributed by atoms with Gasteiger partial charge in [-0.15, -0.1) is 0 Å². The fraction of sp³-hybridized carbons (Fsp3) is 0.273. The third kappa shape index (κ3) is 2.55. The number of fused-ring (bicyclic) bond motifs is 2. The van der Waals surface area contributed by atoms with Gasteiger partial charge in [0.25, 0.3) is 0 Å². The van der Waals surface area contributed by atoms with Crippen LogP contribution >= 0.6 is 0 Å². The van der Waals surface area contributed by atoms with Crippen molar-refractivity contribution in [1.29, 1.82) is 0 Å². The van der Waals surface area contributed by atoms with Crippen molar-refractivity contribution in [2.75, 3.05) is 14.1 Å². The van der Waals surface area contributed by atoms with Crippen molar-refractivity contribution in [3.8, 4) is 0 Å². The molecule has 0 heterocycles. The van der Waals surface area contributed by atoms with Crippen molar-refractivity contribution >= 4 is 10.8 Å². The highest BCUT2D eigenvalue weighted by Gasteiger charge is 2.28. The van der Waals surface area contributed by atoms with Crippen LogP contribution in [0.4, 0.5) is 0 Å². The highest BCUT2D eigenvalue weighted by molar-refractivity contribution is 5.83. The summed E-state index contributed by atoms with van der Waals surface area (Å²) in [5, 5.41) is 2.67. The normalized spacial score (nSPS) is 20.7. The van der Waals surface area contributed by atoms with E-state index in [1.165, 1.54) is 40.3 Å². The number of rotatable bonds is 2. The molecule has 1 aliphatic rings. The van der Waals surface area contributed by atoms with Gasteiger partial charge in [0.1, 0.15) is 0 Å². The maximum Gasteiger partial charge on any atom is 0.0345 e. The molecule has 0 spiro atoms. The molecule has 0 radical (unpaired) electrons. The molecule has 1 nitrogen and oxygen atoms in total. The lowest BCUT2D eigenvalue weighted by atomic mass is 9.76. The van der Waals surface area contributed by atoms with Crippen LogP contribution in [0.25, 0.3) is 10.8 Å². The predicted octanol–water partition coefficient (Wildman–Crippen LogP) is 5.37. The van der Waals surface area contributed by atoms with E-state index < -0.39 is 0 Å². The molecule has 116 valence electrons. The molecule has 0 bridgehead atoms. The lowest BCUT2D eigenvalue weighted by Crippen LogP contribution is -2.26. The smallest absolute Gasteiger partial charge is 0.0345 e. The minimum absolute atomic E-state index is 0.520. The van der Waals surface area contributed by atoms with E-state index in [1.807, 2.05) is 0 Å². The van der Waals surface area contributed by atoms with Gasteiger partial charge in [0, 0.05) is 12.0 Å². The topological polar surface area (TPSA) is 3.24 Å². The molecule has 4 rings (SSSR count). The van der Waals surface area contributed by atoms with Crippen molar-refractivity contribution in [3.63, 3.8) is 0 Å². The van der Waals surface area contributed by atoms with Crippen LogP contribution in [0.2, 0.25) is 0 Å². The first-order valence-corrected chi connectivity index (χ1v) is 8.48. The van der Waals surface area contributed by atoms with Crippen LogP contribution in [-0.4, -0.2) is 19.0 Å². The summed E-state index contributed by atoms with van der Waals surface area (Å²) in [7, 11) is 4.38. The molecule has 0 N–H and O–H groups in total. The first-order chi connectivity index (χ1) is 11.2. The Bertz CT molecular complexity index is 834. The molecular weight excluding hydrogens is 278 g/mol. The molecule has 0 aliphatic heterocycles. The van der Waals surface area contributed by atoms with Crippen molar-refractivity contribution < 1.29 is 0 Å². The molecule has 23 heavy (non-hydrogen) atoms. The van der Waals surface area contributed by atoms with Gasteiger partial charge in [0.2, 0.25) is 0 Å². The summed E-state index contributed by atoms with van der Waals surface area (Å²) in [5.74, 6) is 0.520. The van der Waals surface area contributed by atoms with E-state index in [1.54, 1.807) is 0 Å². The van der Waals surface area contributed by atoms with Gasteiger partial charge < -0.3 is 4.90 Å². The van der Waals surface area contributed by atoms with Crippen molar-refractivity contribution in [2.24, 2.45) is 0 Å². The summed E-state index contributed by atoms with van der Waals surface area (Å²) >= 11 is 0. The molecule has 0 amide bonds. The van der Waals surface area contributed by atoms with Crippen LogP contribution in [0, 0.1) is 0 Å². The maximum absolute atomic E-state index is 2.38. The van der Waals surface area contributed by atoms with E-state index in [4.69, 9.17) is 0 Å². The summed E-state index contributed by atoms with van der Waals surface area (Å²) < 4.78 is 0. The second-order valence-electron chi connectivity index (χ2n) is 6.84. The van der Waals surface area contributed by atoms with Crippen molar-refractivity contribution in [1.82, 2.24) is 4.90 Å². The Morgan fingerprint density at radius 2 is 1.43 bits per heavy atom. The third-order valence-electron chi connectivity index (χ3n) is 5.26. The molecule has 1 aliphatic carbocycles. The molecule has 0 saturated heterocycles. The van der Waals surface area contributed by atoms with E-state index in [9.17, 15) is 0 Å². The van der Waals surface area contributed by atoms with Crippen LogP contribution in [0.15, 0.2) is 66.7 Å². The van der Waals surface area contributed by atoms with Crippen LogP contribution < -0.4 is 0 Å². The summed E-state index contributed by atoms with van der Waals surface area (Å²) in [5.41, 5.74) is 4.46. The Balaban J connectivity index is 1.80. The van der Waals surface area contributed by atoms with E-state index >= 15 is 0 Å². The van der Waals surface area contributed by atoms with E-state index in [0.29, 0.717) is 12.0 Å². The number of hydrogen-bond donors (Lipinski definition) is 0. The van der Waals surface area contributed by atoms with Crippen molar-refractivity contribution in [3.05, 3.63) is 83.4 Å². The lowest BCUT2D eigenvalue weighted by molar-refractivity contribution is 0.263. The number of benzene rings is 3. The molecule has 0 unspecified atom stereocenters. The highest BCUT2D eigenvalue weighted by Crippen LogP contribution is 2.43. The molecule has 1 heteroatoms. The molecule has 3 aromatic carbocycles. The maximum atomic E-state index is 2.38. The minimum atomic E-state index is 0.520. The fourth-order valence-corrected chi connectivity index (χ4v) is 4.07. The lowest BCUT2D eigenvalue weighted by Gasteiger charge is -2.35.